The summed E-state index contributed by atoms with van der Waals surface area (Å²) in [5, 5.41) is 8.24. The summed E-state index contributed by atoms with van der Waals surface area (Å²) in [6.07, 6.45) is -0.499. The first-order valence-electron chi connectivity index (χ1n) is 2.90. The number of carboxylic acid groups (broad SMARTS) is 1. The molecular formula is C6H9FO2. The number of aliphatic carboxylic acids is 1. The van der Waals surface area contributed by atoms with E-state index in [0.717, 1.165) is 0 Å². The van der Waals surface area contributed by atoms with Crippen molar-refractivity contribution in [1.82, 2.24) is 0 Å². The molecule has 2 atom stereocenters. The van der Waals surface area contributed by atoms with Gasteiger partial charge in [0.05, 0.1) is 6.42 Å². The van der Waals surface area contributed by atoms with E-state index in [9.17, 15) is 9.18 Å². The molecule has 0 spiro atoms. The molecule has 1 saturated carbocycles. The van der Waals surface area contributed by atoms with Gasteiger partial charge >= 0.3 is 5.97 Å². The summed E-state index contributed by atoms with van der Waals surface area (Å²) in [6.45, 7) is 1.66. The zero-order chi connectivity index (χ0) is 7.07. The van der Waals surface area contributed by atoms with E-state index in [-0.39, 0.29) is 6.42 Å². The summed E-state index contributed by atoms with van der Waals surface area (Å²) in [7, 11) is 0. The lowest BCUT2D eigenvalue weighted by Gasteiger charge is -2.00. The lowest BCUT2D eigenvalue weighted by atomic mass is 10.1. The molecule has 1 rings (SSSR count). The number of rotatable bonds is 2. The highest BCUT2D eigenvalue weighted by molar-refractivity contribution is 5.68. The van der Waals surface area contributed by atoms with Crippen molar-refractivity contribution in [2.45, 2.75) is 25.9 Å². The van der Waals surface area contributed by atoms with E-state index in [0.29, 0.717) is 6.42 Å². The molecule has 0 aromatic rings. The molecule has 52 valence electrons. The summed E-state index contributed by atoms with van der Waals surface area (Å²) < 4.78 is 12.3. The number of alkyl halides is 1. The summed E-state index contributed by atoms with van der Waals surface area (Å²) in [4.78, 5) is 10.0. The summed E-state index contributed by atoms with van der Waals surface area (Å²) in [5.74, 6) is -0.905. The maximum atomic E-state index is 12.3. The van der Waals surface area contributed by atoms with Crippen molar-refractivity contribution >= 4 is 5.97 Å². The highest BCUT2D eigenvalue weighted by Crippen LogP contribution is 2.50. The Morgan fingerprint density at radius 3 is 2.56 bits per heavy atom. The Balaban J connectivity index is 2.37. The lowest BCUT2D eigenvalue weighted by molar-refractivity contribution is -0.138. The van der Waals surface area contributed by atoms with Crippen LogP contribution in [0.5, 0.6) is 0 Å². The molecule has 1 aliphatic carbocycles. The molecule has 1 aliphatic rings. The van der Waals surface area contributed by atoms with Crippen molar-refractivity contribution in [3.8, 4) is 0 Å². The third kappa shape index (κ3) is 1.20. The van der Waals surface area contributed by atoms with Gasteiger partial charge in [-0.3, -0.25) is 4.79 Å². The van der Waals surface area contributed by atoms with Crippen LogP contribution < -0.4 is 0 Å². The first-order valence-corrected chi connectivity index (χ1v) is 2.90. The minimum Gasteiger partial charge on any atom is -0.481 e. The second-order valence-electron chi connectivity index (χ2n) is 2.90. The minimum atomic E-state index is -0.905. The van der Waals surface area contributed by atoms with Crippen LogP contribution >= 0.6 is 0 Å². The first kappa shape index (κ1) is 6.52. The molecule has 1 N–H and O–H groups in total. The van der Waals surface area contributed by atoms with E-state index in [1.54, 1.807) is 6.92 Å². The Morgan fingerprint density at radius 2 is 2.44 bits per heavy atom. The standard InChI is InChI=1S/C6H9FO2/c1-6(2-4(6)7)3-5(8)9/h4H,2-3H2,1H3,(H,8,9)/t4-,6+/m1/s1. The molecule has 2 nitrogen and oxygen atoms in total. The van der Waals surface area contributed by atoms with Crippen LogP contribution in [-0.4, -0.2) is 17.2 Å². The second-order valence-corrected chi connectivity index (χ2v) is 2.90. The summed E-state index contributed by atoms with van der Waals surface area (Å²) in [6, 6.07) is 0. The van der Waals surface area contributed by atoms with Crippen LogP contribution in [0.3, 0.4) is 0 Å². The Bertz CT molecular complexity index is 146. The van der Waals surface area contributed by atoms with E-state index in [1.165, 1.54) is 0 Å². The van der Waals surface area contributed by atoms with Gasteiger partial charge in [0.2, 0.25) is 0 Å². The minimum absolute atomic E-state index is 0.0336. The molecule has 1 fully saturated rings. The second kappa shape index (κ2) is 1.69. The number of halogens is 1. The fraction of sp³-hybridized carbons (Fsp3) is 0.833. The smallest absolute Gasteiger partial charge is 0.304 e. The molecule has 0 aliphatic heterocycles. The monoisotopic (exact) mass is 132 g/mol. The van der Waals surface area contributed by atoms with Crippen LogP contribution in [0.15, 0.2) is 0 Å². The predicted octanol–water partition coefficient (Wildman–Crippen LogP) is 1.21. The largest absolute Gasteiger partial charge is 0.481 e. The fourth-order valence-electron chi connectivity index (χ4n) is 0.879. The molecule has 9 heavy (non-hydrogen) atoms. The lowest BCUT2D eigenvalue weighted by Crippen LogP contribution is -2.06. The van der Waals surface area contributed by atoms with Gasteiger partial charge in [-0.2, -0.15) is 0 Å². The zero-order valence-electron chi connectivity index (χ0n) is 5.22. The number of hydrogen-bond acceptors (Lipinski definition) is 1. The van der Waals surface area contributed by atoms with Gasteiger partial charge in [-0.25, -0.2) is 4.39 Å². The maximum Gasteiger partial charge on any atom is 0.304 e. The van der Waals surface area contributed by atoms with Gasteiger partial charge in [-0.15, -0.1) is 0 Å². The molecule has 0 bridgehead atoms. The van der Waals surface area contributed by atoms with Crippen molar-refractivity contribution in [2.75, 3.05) is 0 Å². The average molecular weight is 132 g/mol. The van der Waals surface area contributed by atoms with Gasteiger partial charge in [-0.1, -0.05) is 6.92 Å². The highest BCUT2D eigenvalue weighted by Gasteiger charge is 2.52. The van der Waals surface area contributed by atoms with Crippen LogP contribution in [0.25, 0.3) is 0 Å². The third-order valence-electron chi connectivity index (χ3n) is 1.80. The van der Waals surface area contributed by atoms with Gasteiger partial charge in [0.15, 0.2) is 0 Å². The van der Waals surface area contributed by atoms with Crippen LogP contribution in [0.2, 0.25) is 0 Å². The molecule has 0 aromatic carbocycles. The quantitative estimate of drug-likeness (QED) is 0.613. The van der Waals surface area contributed by atoms with Crippen molar-refractivity contribution in [1.29, 1.82) is 0 Å². The highest BCUT2D eigenvalue weighted by atomic mass is 19.1. The summed E-state index contributed by atoms with van der Waals surface area (Å²) >= 11 is 0. The van der Waals surface area contributed by atoms with Gasteiger partial charge in [-0.05, 0) is 6.42 Å². The number of carboxylic acids is 1. The van der Waals surface area contributed by atoms with Crippen LogP contribution in [0, 0.1) is 5.41 Å². The number of hydrogen-bond donors (Lipinski definition) is 1. The SMILES string of the molecule is C[C@@]1(CC(=O)O)C[C@H]1F. The molecule has 0 amide bonds. The van der Waals surface area contributed by atoms with Gasteiger partial charge in [0, 0.05) is 5.41 Å². The predicted molar refractivity (Wildman–Crippen MR) is 29.9 cm³/mol. The first-order chi connectivity index (χ1) is 4.04. The van der Waals surface area contributed by atoms with E-state index < -0.39 is 17.6 Å². The zero-order valence-corrected chi connectivity index (χ0v) is 5.22. The molecule has 3 heteroatoms. The molecule has 0 aromatic heterocycles. The van der Waals surface area contributed by atoms with E-state index in [1.807, 2.05) is 0 Å². The van der Waals surface area contributed by atoms with E-state index >= 15 is 0 Å². The Hall–Kier alpha value is -0.600. The molecule has 0 heterocycles. The fourth-order valence-corrected chi connectivity index (χ4v) is 0.879. The van der Waals surface area contributed by atoms with Crippen molar-refractivity contribution in [3.05, 3.63) is 0 Å². The van der Waals surface area contributed by atoms with Crippen molar-refractivity contribution in [3.63, 3.8) is 0 Å². The average Bonchev–Trinajstić information content (AvgIpc) is 2.10. The van der Waals surface area contributed by atoms with Crippen molar-refractivity contribution in [2.24, 2.45) is 5.41 Å². The Kier molecular flexibility index (Phi) is 1.22. The molecular weight excluding hydrogens is 123 g/mol. The van der Waals surface area contributed by atoms with Gasteiger partial charge in [0.1, 0.15) is 6.17 Å². The van der Waals surface area contributed by atoms with Gasteiger partial charge < -0.3 is 5.11 Å². The Labute approximate surface area is 52.7 Å². The van der Waals surface area contributed by atoms with Crippen LogP contribution in [0.4, 0.5) is 4.39 Å². The van der Waals surface area contributed by atoms with Crippen molar-refractivity contribution < 1.29 is 14.3 Å². The molecule has 0 saturated heterocycles. The van der Waals surface area contributed by atoms with Gasteiger partial charge in [0.25, 0.3) is 0 Å². The van der Waals surface area contributed by atoms with Crippen LogP contribution in [-0.2, 0) is 4.79 Å². The molecule has 0 radical (unpaired) electrons. The topological polar surface area (TPSA) is 37.3 Å². The van der Waals surface area contributed by atoms with E-state index in [4.69, 9.17) is 5.11 Å². The van der Waals surface area contributed by atoms with Crippen LogP contribution in [0.1, 0.15) is 19.8 Å². The normalized spacial score (nSPS) is 40.4. The number of carbonyl (C=O) groups is 1. The maximum absolute atomic E-state index is 12.3. The summed E-state index contributed by atoms with van der Waals surface area (Å²) in [5.41, 5.74) is -0.536. The third-order valence-corrected chi connectivity index (χ3v) is 1.80. The molecule has 0 unspecified atom stereocenters. The Morgan fingerprint density at radius 1 is 2.00 bits per heavy atom. The van der Waals surface area contributed by atoms with E-state index in [2.05, 4.69) is 0 Å².